The highest BCUT2D eigenvalue weighted by molar-refractivity contribution is 5.85. The molecule has 0 aromatic carbocycles. The zero-order chi connectivity index (χ0) is 11.2. The van der Waals surface area contributed by atoms with Crippen molar-refractivity contribution in [1.82, 2.24) is 9.13 Å². The highest BCUT2D eigenvalue weighted by atomic mass is 16.2. The maximum Gasteiger partial charge on any atom is 0.335 e. The second-order valence-electron chi connectivity index (χ2n) is 4.71. The molecule has 4 heteroatoms. The molecular formula is C11H14N2O2. The molecule has 0 atom stereocenters. The summed E-state index contributed by atoms with van der Waals surface area (Å²) in [6, 6.07) is 0. The Labute approximate surface area is 87.8 Å². The van der Waals surface area contributed by atoms with E-state index in [0.29, 0.717) is 12.1 Å². The van der Waals surface area contributed by atoms with E-state index in [9.17, 15) is 9.59 Å². The van der Waals surface area contributed by atoms with E-state index in [-0.39, 0.29) is 17.1 Å². The molecule has 80 valence electrons. The molecule has 0 radical (unpaired) electrons. The quantitative estimate of drug-likeness (QED) is 0.645. The minimum Gasteiger partial charge on any atom is -0.293 e. The number of fused-ring (bicyclic) bond motifs is 1. The summed E-state index contributed by atoms with van der Waals surface area (Å²) in [6.45, 7) is 5.82. The van der Waals surface area contributed by atoms with Gasteiger partial charge < -0.3 is 0 Å². The standard InChI is InChI=1S/C11H14N2O2/c1-11(2,3)12-7-8-5-4-6-9(14)13(8)10(12)15/h4-5,7H,6H2,1-3H3. The number of carbonyl (C=O) groups excluding carboxylic acids is 1. The van der Waals surface area contributed by atoms with Gasteiger partial charge >= 0.3 is 5.69 Å². The van der Waals surface area contributed by atoms with Crippen molar-refractivity contribution in [3.8, 4) is 0 Å². The number of rotatable bonds is 0. The highest BCUT2D eigenvalue weighted by Crippen LogP contribution is 2.15. The Hall–Kier alpha value is -1.58. The lowest BCUT2D eigenvalue weighted by molar-refractivity contribution is 0.0908. The topological polar surface area (TPSA) is 44.0 Å². The number of hydrogen-bond acceptors (Lipinski definition) is 2. The minimum atomic E-state index is -0.296. The Morgan fingerprint density at radius 1 is 1.27 bits per heavy atom. The fraction of sp³-hybridized carbons (Fsp3) is 0.455. The predicted molar refractivity (Wildman–Crippen MR) is 58.0 cm³/mol. The molecule has 0 amide bonds. The fourth-order valence-corrected chi connectivity index (χ4v) is 1.68. The van der Waals surface area contributed by atoms with Crippen LogP contribution in [0.25, 0.3) is 6.08 Å². The van der Waals surface area contributed by atoms with Crippen molar-refractivity contribution in [2.45, 2.75) is 32.7 Å². The van der Waals surface area contributed by atoms with Crippen LogP contribution in [0.2, 0.25) is 0 Å². The summed E-state index contributed by atoms with van der Waals surface area (Å²) < 4.78 is 2.83. The monoisotopic (exact) mass is 206 g/mol. The zero-order valence-electron chi connectivity index (χ0n) is 9.15. The van der Waals surface area contributed by atoms with Crippen LogP contribution in [0.4, 0.5) is 0 Å². The molecule has 0 unspecified atom stereocenters. The number of hydrogen-bond donors (Lipinski definition) is 0. The smallest absolute Gasteiger partial charge is 0.293 e. The lowest BCUT2D eigenvalue weighted by Gasteiger charge is -2.18. The van der Waals surface area contributed by atoms with Crippen molar-refractivity contribution < 1.29 is 4.79 Å². The van der Waals surface area contributed by atoms with Crippen molar-refractivity contribution >= 4 is 12.0 Å². The number of aromatic nitrogens is 2. The van der Waals surface area contributed by atoms with Gasteiger partial charge in [0.25, 0.3) is 0 Å². The lowest BCUT2D eigenvalue weighted by Crippen LogP contribution is -2.36. The largest absolute Gasteiger partial charge is 0.335 e. The highest BCUT2D eigenvalue weighted by Gasteiger charge is 2.23. The average Bonchev–Trinajstić information content (AvgIpc) is 2.44. The van der Waals surface area contributed by atoms with Crippen LogP contribution in [0.1, 0.15) is 37.7 Å². The summed E-state index contributed by atoms with van der Waals surface area (Å²) >= 11 is 0. The van der Waals surface area contributed by atoms with Crippen molar-refractivity contribution in [3.05, 3.63) is 28.5 Å². The maximum atomic E-state index is 11.9. The van der Waals surface area contributed by atoms with Crippen molar-refractivity contribution in [1.29, 1.82) is 0 Å². The van der Waals surface area contributed by atoms with Gasteiger partial charge in [-0.15, -0.1) is 0 Å². The summed E-state index contributed by atoms with van der Waals surface area (Å²) in [5.41, 5.74) is 0.133. The second kappa shape index (κ2) is 2.95. The van der Waals surface area contributed by atoms with Crippen LogP contribution in [0.15, 0.2) is 17.1 Å². The SMILES string of the molecule is CC(C)(C)n1cc2n(c1=O)C(=O)CC=C2. The Bertz CT molecular complexity index is 498. The van der Waals surface area contributed by atoms with Gasteiger partial charge in [-0.05, 0) is 26.8 Å². The third-order valence-electron chi connectivity index (χ3n) is 2.47. The second-order valence-corrected chi connectivity index (χ2v) is 4.71. The molecule has 0 saturated heterocycles. The first-order valence-electron chi connectivity index (χ1n) is 4.96. The van der Waals surface area contributed by atoms with Gasteiger partial charge in [0.05, 0.1) is 5.69 Å². The molecule has 2 rings (SSSR count). The van der Waals surface area contributed by atoms with Crippen molar-refractivity contribution in [2.75, 3.05) is 0 Å². The molecule has 1 aliphatic heterocycles. The van der Waals surface area contributed by atoms with E-state index in [1.165, 1.54) is 4.57 Å². The molecule has 4 nitrogen and oxygen atoms in total. The van der Waals surface area contributed by atoms with Crippen LogP contribution in [0.3, 0.4) is 0 Å². The first-order valence-corrected chi connectivity index (χ1v) is 4.96. The molecule has 15 heavy (non-hydrogen) atoms. The van der Waals surface area contributed by atoms with E-state index >= 15 is 0 Å². The molecule has 0 fully saturated rings. The molecule has 0 saturated carbocycles. The first kappa shape index (κ1) is 9.96. The third kappa shape index (κ3) is 1.46. The Morgan fingerprint density at radius 2 is 1.93 bits per heavy atom. The number of carbonyl (C=O) groups is 1. The predicted octanol–water partition coefficient (Wildman–Crippen LogP) is 1.46. The molecule has 1 aromatic heterocycles. The van der Waals surface area contributed by atoms with E-state index in [4.69, 9.17) is 0 Å². The summed E-state index contributed by atoms with van der Waals surface area (Å²) in [7, 11) is 0. The first-order chi connectivity index (χ1) is 6.91. The van der Waals surface area contributed by atoms with Crippen LogP contribution < -0.4 is 5.69 Å². The summed E-state index contributed by atoms with van der Waals surface area (Å²) in [6.07, 6.45) is 5.63. The van der Waals surface area contributed by atoms with Gasteiger partial charge in [-0.25, -0.2) is 9.36 Å². The van der Waals surface area contributed by atoms with Crippen molar-refractivity contribution in [2.24, 2.45) is 0 Å². The molecule has 2 heterocycles. The molecule has 0 aliphatic carbocycles. The van der Waals surface area contributed by atoms with Crippen LogP contribution in [-0.2, 0) is 5.54 Å². The van der Waals surface area contributed by atoms with Crippen molar-refractivity contribution in [3.63, 3.8) is 0 Å². The summed E-state index contributed by atoms with van der Waals surface area (Å²) in [4.78, 5) is 23.5. The van der Waals surface area contributed by atoms with Crippen LogP contribution in [0.5, 0.6) is 0 Å². The third-order valence-corrected chi connectivity index (χ3v) is 2.47. The van der Waals surface area contributed by atoms with Crippen LogP contribution >= 0.6 is 0 Å². The molecule has 0 spiro atoms. The lowest BCUT2D eigenvalue weighted by atomic mass is 10.1. The van der Waals surface area contributed by atoms with E-state index < -0.39 is 0 Å². The van der Waals surface area contributed by atoms with E-state index in [0.717, 1.165) is 0 Å². The Kier molecular flexibility index (Phi) is 1.96. The van der Waals surface area contributed by atoms with Crippen LogP contribution in [0, 0.1) is 0 Å². The molecule has 0 N–H and O–H groups in total. The van der Waals surface area contributed by atoms with Crippen LogP contribution in [-0.4, -0.2) is 15.0 Å². The van der Waals surface area contributed by atoms with E-state index in [1.54, 1.807) is 16.8 Å². The van der Waals surface area contributed by atoms with Gasteiger partial charge in [-0.3, -0.25) is 9.36 Å². The van der Waals surface area contributed by atoms with Gasteiger partial charge in [-0.1, -0.05) is 6.08 Å². The molecule has 1 aromatic rings. The van der Waals surface area contributed by atoms with E-state index in [1.807, 2.05) is 26.8 Å². The Balaban J connectivity index is 2.70. The van der Waals surface area contributed by atoms with Gasteiger partial charge in [0.2, 0.25) is 5.91 Å². The molecule has 1 aliphatic rings. The zero-order valence-corrected chi connectivity index (χ0v) is 9.15. The molecular weight excluding hydrogens is 192 g/mol. The van der Waals surface area contributed by atoms with Gasteiger partial charge in [0.1, 0.15) is 0 Å². The maximum absolute atomic E-state index is 11.9. The fourth-order valence-electron chi connectivity index (χ4n) is 1.68. The Morgan fingerprint density at radius 3 is 2.47 bits per heavy atom. The minimum absolute atomic E-state index is 0.152. The van der Waals surface area contributed by atoms with Gasteiger partial charge in [0.15, 0.2) is 0 Å². The number of nitrogens with zero attached hydrogens (tertiary/aromatic N) is 2. The van der Waals surface area contributed by atoms with Gasteiger partial charge in [-0.2, -0.15) is 0 Å². The van der Waals surface area contributed by atoms with E-state index in [2.05, 4.69) is 0 Å². The normalized spacial score (nSPS) is 15.5. The number of allylic oxidation sites excluding steroid dienone is 1. The number of imidazole rings is 1. The summed E-state index contributed by atoms with van der Waals surface area (Å²) in [5.74, 6) is -0.152. The van der Waals surface area contributed by atoms with Gasteiger partial charge in [0, 0.05) is 18.2 Å². The average molecular weight is 206 g/mol. The summed E-state index contributed by atoms with van der Waals surface area (Å²) in [5, 5.41) is 0. The molecule has 0 bridgehead atoms.